The molecule has 0 saturated heterocycles. The van der Waals surface area contributed by atoms with E-state index in [0.717, 1.165) is 42.4 Å². The molecule has 1 aromatic heterocycles. The number of ether oxygens (including phenoxy) is 1. The summed E-state index contributed by atoms with van der Waals surface area (Å²) in [7, 11) is 0. The Morgan fingerprint density at radius 3 is 2.22 bits per heavy atom. The first-order valence-corrected chi connectivity index (χ1v) is 20.7. The van der Waals surface area contributed by atoms with Gasteiger partial charge in [-0.3, -0.25) is 9.59 Å². The molecule has 0 bridgehead atoms. The number of amides is 2. The number of aliphatic hydroxyl groups is 4. The standard InChI is InChI=1S/C43H64ClN7O8/c1-6-7-8-11-20-50(26-34(54)37(56)35(55)27-52)21-12-15-33(53)31-18-16-29(17-19-31)24-51(42(58)59-43(3,4)5)25-30(22-32-14-10-9-13-28(32)2)23-47-41(57)36-39(45)49-40(46)38(44)48-36/h9-10,13-14,16-19,30,34-35,37,52,54-56H,6-8,11-12,15,20-27H2,1-5H3,(H,47,57)(H4,45,46,49)/t30-,34+,35-,37-/m1/s1. The van der Waals surface area contributed by atoms with E-state index in [1.54, 1.807) is 49.9 Å². The third-order valence-corrected chi connectivity index (χ3v) is 10.1. The van der Waals surface area contributed by atoms with Gasteiger partial charge in [0.15, 0.2) is 28.3 Å². The summed E-state index contributed by atoms with van der Waals surface area (Å²) in [4.78, 5) is 51.8. The Kier molecular flexibility index (Phi) is 19.9. The minimum atomic E-state index is -1.49. The van der Waals surface area contributed by atoms with E-state index in [4.69, 9.17) is 27.8 Å². The number of carbonyl (C=O) groups excluding carboxylic acids is 3. The number of aliphatic hydroxyl groups excluding tert-OH is 4. The maximum absolute atomic E-state index is 13.7. The molecule has 2 amide bonds. The number of rotatable bonds is 24. The molecular weight excluding hydrogens is 778 g/mol. The van der Waals surface area contributed by atoms with Gasteiger partial charge in [0.25, 0.3) is 5.91 Å². The number of aryl methyl sites for hydroxylation is 1. The van der Waals surface area contributed by atoms with Gasteiger partial charge in [-0.25, -0.2) is 14.8 Å². The van der Waals surface area contributed by atoms with Crippen LogP contribution in [0.1, 0.15) is 104 Å². The van der Waals surface area contributed by atoms with Crippen LogP contribution < -0.4 is 16.8 Å². The zero-order chi connectivity index (χ0) is 43.7. The zero-order valence-electron chi connectivity index (χ0n) is 35.1. The van der Waals surface area contributed by atoms with Gasteiger partial charge in [0.1, 0.15) is 17.8 Å². The van der Waals surface area contributed by atoms with Crippen LogP contribution in [0.5, 0.6) is 0 Å². The predicted molar refractivity (Wildman–Crippen MR) is 229 cm³/mol. The SMILES string of the molecule is CCCCCCN(CCCC(=O)c1ccc(CN(C[C@@H](CNC(=O)c2nc(Cl)c(N)nc2N)Cc2ccccc2C)C(=O)OC(C)(C)C)cc1)C[C@H](O)[C@@H](O)[C@H](O)CO. The Balaban J connectivity index is 1.75. The molecule has 2 aromatic carbocycles. The Bertz CT molecular complexity index is 1790. The number of aromatic nitrogens is 2. The van der Waals surface area contributed by atoms with Gasteiger partial charge in [0.2, 0.25) is 0 Å². The number of nitrogen functional groups attached to an aromatic ring is 2. The lowest BCUT2D eigenvalue weighted by molar-refractivity contribution is -0.0842. The van der Waals surface area contributed by atoms with Crippen LogP contribution in [-0.2, 0) is 17.7 Å². The molecule has 4 atom stereocenters. The van der Waals surface area contributed by atoms with Gasteiger partial charge in [-0.1, -0.05) is 86.3 Å². The fraction of sp³-hybridized carbons (Fsp3) is 0.558. The third-order valence-electron chi connectivity index (χ3n) is 9.85. The van der Waals surface area contributed by atoms with Crippen molar-refractivity contribution in [3.05, 3.63) is 81.6 Å². The Morgan fingerprint density at radius 2 is 1.58 bits per heavy atom. The van der Waals surface area contributed by atoms with Crippen LogP contribution >= 0.6 is 11.6 Å². The van der Waals surface area contributed by atoms with Crippen molar-refractivity contribution in [1.29, 1.82) is 0 Å². The second-order valence-corrected chi connectivity index (χ2v) is 16.5. The van der Waals surface area contributed by atoms with Crippen LogP contribution in [0.15, 0.2) is 48.5 Å². The summed E-state index contributed by atoms with van der Waals surface area (Å²) in [5.41, 5.74) is 14.1. The zero-order valence-corrected chi connectivity index (χ0v) is 35.8. The van der Waals surface area contributed by atoms with E-state index in [-0.39, 0.29) is 66.8 Å². The molecule has 9 N–H and O–H groups in total. The van der Waals surface area contributed by atoms with E-state index in [9.17, 15) is 34.8 Å². The number of unbranched alkanes of at least 4 members (excludes halogenated alkanes) is 3. The number of nitrogens with one attached hydrogen (secondary N) is 1. The van der Waals surface area contributed by atoms with Gasteiger partial charge in [0.05, 0.1) is 12.7 Å². The number of nitrogens with zero attached hydrogens (tertiary/aromatic N) is 4. The fourth-order valence-electron chi connectivity index (χ4n) is 6.54. The maximum Gasteiger partial charge on any atom is 0.410 e. The van der Waals surface area contributed by atoms with Crippen molar-refractivity contribution in [2.45, 2.75) is 110 Å². The van der Waals surface area contributed by atoms with Crippen LogP contribution in [0.2, 0.25) is 5.15 Å². The number of hydrogen-bond donors (Lipinski definition) is 7. The Labute approximate surface area is 353 Å². The highest BCUT2D eigenvalue weighted by Gasteiger charge is 2.28. The molecule has 15 nitrogen and oxygen atoms in total. The van der Waals surface area contributed by atoms with E-state index in [0.29, 0.717) is 31.5 Å². The number of ketones is 1. The number of carbonyl (C=O) groups is 3. The van der Waals surface area contributed by atoms with Crippen molar-refractivity contribution in [3.8, 4) is 0 Å². The molecule has 16 heteroatoms. The summed E-state index contributed by atoms with van der Waals surface area (Å²) in [5, 5.41) is 42.4. The molecule has 0 unspecified atom stereocenters. The van der Waals surface area contributed by atoms with Crippen LogP contribution in [-0.4, -0.2) is 121 Å². The van der Waals surface area contributed by atoms with Crippen LogP contribution in [0.4, 0.5) is 16.4 Å². The summed E-state index contributed by atoms with van der Waals surface area (Å²) in [6.07, 6.45) is 0.589. The highest BCUT2D eigenvalue weighted by molar-refractivity contribution is 6.31. The maximum atomic E-state index is 13.7. The molecule has 0 aliphatic heterocycles. The van der Waals surface area contributed by atoms with Gasteiger partial charge in [-0.15, -0.1) is 0 Å². The third kappa shape index (κ3) is 16.7. The molecule has 0 spiro atoms. The summed E-state index contributed by atoms with van der Waals surface area (Å²) in [6, 6.07) is 15.0. The summed E-state index contributed by atoms with van der Waals surface area (Å²) in [6.45, 7) is 10.6. The lowest BCUT2D eigenvalue weighted by Gasteiger charge is -2.31. The Morgan fingerprint density at radius 1 is 0.898 bits per heavy atom. The first-order valence-electron chi connectivity index (χ1n) is 20.3. The van der Waals surface area contributed by atoms with Crippen LogP contribution in [0, 0.1) is 12.8 Å². The first-order chi connectivity index (χ1) is 27.9. The fourth-order valence-corrected chi connectivity index (χ4v) is 6.67. The number of halogens is 1. The van der Waals surface area contributed by atoms with Crippen LogP contribution in [0.3, 0.4) is 0 Å². The normalized spacial score (nSPS) is 13.7. The topological polar surface area (TPSA) is 238 Å². The monoisotopic (exact) mass is 841 g/mol. The highest BCUT2D eigenvalue weighted by Crippen LogP contribution is 2.21. The molecule has 3 rings (SSSR count). The summed E-state index contributed by atoms with van der Waals surface area (Å²) < 4.78 is 5.83. The molecule has 59 heavy (non-hydrogen) atoms. The Hall–Kier alpha value is -4.38. The number of benzene rings is 2. The molecule has 3 aromatic rings. The highest BCUT2D eigenvalue weighted by atomic mass is 35.5. The largest absolute Gasteiger partial charge is 0.444 e. The molecule has 0 radical (unpaired) electrons. The van der Waals surface area contributed by atoms with Gasteiger partial charge in [-0.05, 0) is 82.7 Å². The number of hydrogen-bond acceptors (Lipinski definition) is 13. The quantitative estimate of drug-likeness (QED) is 0.0485. The van der Waals surface area contributed by atoms with Crippen molar-refractivity contribution in [2.75, 3.05) is 50.8 Å². The van der Waals surface area contributed by atoms with Crippen molar-refractivity contribution < 1.29 is 39.5 Å². The molecule has 0 saturated carbocycles. The van der Waals surface area contributed by atoms with E-state index in [2.05, 4.69) is 22.2 Å². The van der Waals surface area contributed by atoms with Crippen molar-refractivity contribution in [2.24, 2.45) is 5.92 Å². The summed E-state index contributed by atoms with van der Waals surface area (Å²) in [5.74, 6) is -1.20. The molecule has 0 aliphatic carbocycles. The van der Waals surface area contributed by atoms with Gasteiger partial charge in [-0.2, -0.15) is 0 Å². The molecular formula is C43H64ClN7O8. The van der Waals surface area contributed by atoms with E-state index in [1.807, 2.05) is 36.1 Å². The van der Waals surface area contributed by atoms with Gasteiger partial charge < -0.3 is 51.7 Å². The first kappa shape index (κ1) is 49.0. The minimum absolute atomic E-state index is 0.0653. The summed E-state index contributed by atoms with van der Waals surface area (Å²) >= 11 is 6.03. The number of nitrogens with two attached hydrogens (primary N) is 2. The van der Waals surface area contributed by atoms with Crippen molar-refractivity contribution in [3.63, 3.8) is 0 Å². The van der Waals surface area contributed by atoms with Crippen molar-refractivity contribution in [1.82, 2.24) is 25.1 Å². The van der Waals surface area contributed by atoms with Crippen molar-refractivity contribution >= 4 is 41.0 Å². The number of anilines is 2. The molecule has 326 valence electrons. The van der Waals surface area contributed by atoms with E-state index in [1.165, 1.54) is 0 Å². The molecule has 0 aliphatic rings. The minimum Gasteiger partial charge on any atom is -0.444 e. The van der Waals surface area contributed by atoms with E-state index >= 15 is 0 Å². The molecule has 0 fully saturated rings. The second-order valence-electron chi connectivity index (χ2n) is 16.1. The average molecular weight is 842 g/mol. The van der Waals surface area contributed by atoms with Gasteiger partial charge in [0, 0.05) is 38.2 Å². The lowest BCUT2D eigenvalue weighted by Crippen LogP contribution is -2.46. The van der Waals surface area contributed by atoms with Gasteiger partial charge >= 0.3 is 6.09 Å². The lowest BCUT2D eigenvalue weighted by atomic mass is 9.95. The molecule has 1 heterocycles. The van der Waals surface area contributed by atoms with Crippen LogP contribution in [0.25, 0.3) is 0 Å². The van der Waals surface area contributed by atoms with E-state index < -0.39 is 42.5 Å². The second kappa shape index (κ2) is 24.0. The predicted octanol–water partition coefficient (Wildman–Crippen LogP) is 4.55. The average Bonchev–Trinajstić information content (AvgIpc) is 3.19. The smallest absolute Gasteiger partial charge is 0.410 e. The number of Topliss-reactive ketones (excluding diaryl/α,β-unsaturated/α-hetero) is 1.